The summed E-state index contributed by atoms with van der Waals surface area (Å²) in [6, 6.07) is 71.7. The third-order valence-corrected chi connectivity index (χ3v) is 11.6. The number of para-hydroxylation sites is 1. The van der Waals surface area contributed by atoms with Gasteiger partial charge in [0.15, 0.2) is 0 Å². The maximum atomic E-state index is 6.67. The van der Waals surface area contributed by atoms with Gasteiger partial charge in [0.2, 0.25) is 0 Å². The summed E-state index contributed by atoms with van der Waals surface area (Å²) >= 11 is 0. The van der Waals surface area contributed by atoms with Crippen molar-refractivity contribution >= 4 is 93.3 Å². The summed E-state index contributed by atoms with van der Waals surface area (Å²) < 4.78 is 12.8. The minimum atomic E-state index is 0.862. The van der Waals surface area contributed by atoms with Crippen LogP contribution in [0.5, 0.6) is 0 Å². The molecule has 266 valence electrons. The van der Waals surface area contributed by atoms with Crippen LogP contribution in [0.25, 0.3) is 98.4 Å². The molecule has 2 heterocycles. The van der Waals surface area contributed by atoms with Gasteiger partial charge in [0.25, 0.3) is 0 Å². The molecule has 0 aliphatic carbocycles. The van der Waals surface area contributed by atoms with Gasteiger partial charge in [0.05, 0.1) is 11.1 Å². The van der Waals surface area contributed by atoms with Crippen molar-refractivity contribution < 1.29 is 8.83 Å². The van der Waals surface area contributed by atoms with Crippen LogP contribution < -0.4 is 4.90 Å². The molecule has 0 amide bonds. The van der Waals surface area contributed by atoms with Crippen LogP contribution in [0, 0.1) is 0 Å². The first kappa shape index (κ1) is 31.7. The number of nitrogens with zero attached hydrogens (tertiary/aromatic N) is 1. The molecule has 0 aliphatic heterocycles. The highest BCUT2D eigenvalue weighted by Crippen LogP contribution is 2.45. The van der Waals surface area contributed by atoms with Crippen molar-refractivity contribution in [3.05, 3.63) is 200 Å². The van der Waals surface area contributed by atoms with E-state index in [9.17, 15) is 0 Å². The molecule has 12 aromatic rings. The van der Waals surface area contributed by atoms with Crippen LogP contribution >= 0.6 is 0 Å². The number of benzene rings is 10. The second kappa shape index (κ2) is 12.5. The highest BCUT2D eigenvalue weighted by molar-refractivity contribution is 6.19. The van der Waals surface area contributed by atoms with Gasteiger partial charge in [-0.1, -0.05) is 133 Å². The van der Waals surface area contributed by atoms with E-state index in [1.165, 1.54) is 32.7 Å². The van der Waals surface area contributed by atoms with Gasteiger partial charge in [0, 0.05) is 32.9 Å². The molecule has 0 N–H and O–H groups in total. The van der Waals surface area contributed by atoms with Crippen LogP contribution in [0.1, 0.15) is 0 Å². The molecule has 57 heavy (non-hydrogen) atoms. The summed E-state index contributed by atoms with van der Waals surface area (Å²) in [7, 11) is 0. The SMILES string of the molecule is c1ccc2c(c1)ccc1cc(-c3ccc(N(c4ccc(-c5ccc6oc7ccccc7c6c5)cc4)c4cccc5oc6c7ccccc7ccc6c45)cc3)ccc12. The van der Waals surface area contributed by atoms with Crippen molar-refractivity contribution in [2.24, 2.45) is 0 Å². The Morgan fingerprint density at radius 3 is 1.63 bits per heavy atom. The van der Waals surface area contributed by atoms with E-state index in [0.29, 0.717) is 0 Å². The Labute approximate surface area is 328 Å². The molecular formula is C54H33NO2. The van der Waals surface area contributed by atoms with Crippen molar-refractivity contribution in [3.8, 4) is 22.3 Å². The Kier molecular flexibility index (Phi) is 6.93. The van der Waals surface area contributed by atoms with Gasteiger partial charge in [0.1, 0.15) is 22.3 Å². The fourth-order valence-corrected chi connectivity index (χ4v) is 8.85. The second-order valence-corrected chi connectivity index (χ2v) is 14.9. The lowest BCUT2D eigenvalue weighted by molar-refractivity contribution is 0.669. The molecule has 0 bridgehead atoms. The molecule has 0 atom stereocenters. The fraction of sp³-hybridized carbons (Fsp3) is 0. The molecule has 12 rings (SSSR count). The van der Waals surface area contributed by atoms with E-state index < -0.39 is 0 Å². The zero-order valence-corrected chi connectivity index (χ0v) is 30.8. The second-order valence-electron chi connectivity index (χ2n) is 14.9. The smallest absolute Gasteiger partial charge is 0.143 e. The van der Waals surface area contributed by atoms with Gasteiger partial charge in [-0.15, -0.1) is 0 Å². The van der Waals surface area contributed by atoms with E-state index >= 15 is 0 Å². The largest absolute Gasteiger partial charge is 0.456 e. The lowest BCUT2D eigenvalue weighted by Gasteiger charge is -2.26. The maximum absolute atomic E-state index is 6.67. The number of furan rings is 2. The number of hydrogen-bond acceptors (Lipinski definition) is 3. The topological polar surface area (TPSA) is 29.5 Å². The summed E-state index contributed by atoms with van der Waals surface area (Å²) in [5, 5.41) is 11.8. The van der Waals surface area contributed by atoms with Crippen LogP contribution in [0.4, 0.5) is 17.1 Å². The lowest BCUT2D eigenvalue weighted by Crippen LogP contribution is -2.10. The normalized spacial score (nSPS) is 11.9. The first-order valence-electron chi connectivity index (χ1n) is 19.4. The molecule has 3 heteroatoms. The Balaban J connectivity index is 0.994. The molecular weight excluding hydrogens is 695 g/mol. The van der Waals surface area contributed by atoms with E-state index in [1.54, 1.807) is 0 Å². The molecule has 10 aromatic carbocycles. The van der Waals surface area contributed by atoms with Crippen molar-refractivity contribution in [1.29, 1.82) is 0 Å². The van der Waals surface area contributed by atoms with E-state index in [0.717, 1.165) is 82.8 Å². The van der Waals surface area contributed by atoms with Crippen LogP contribution in [0.2, 0.25) is 0 Å². The zero-order valence-electron chi connectivity index (χ0n) is 30.8. The standard InChI is InChI=1S/C54H33NO2/c1-3-10-43-36(8-1)16-17-40-32-38(23-29-44(40)43)34-18-25-41(26-19-34)55(49-13-7-15-52-53(49)47-30-22-37-9-2-4-11-45(37)54(47)57-52)42-27-20-35(21-28-42)39-24-31-51-48(33-39)46-12-5-6-14-50(46)56-51/h1-33H. The minimum Gasteiger partial charge on any atom is -0.456 e. The molecule has 3 nitrogen and oxygen atoms in total. The van der Waals surface area contributed by atoms with E-state index in [2.05, 4.69) is 193 Å². The summed E-state index contributed by atoms with van der Waals surface area (Å²) in [6.07, 6.45) is 0. The van der Waals surface area contributed by atoms with E-state index in [4.69, 9.17) is 8.83 Å². The molecule has 2 aromatic heterocycles. The Hall–Kier alpha value is -7.62. The first-order valence-corrected chi connectivity index (χ1v) is 19.4. The molecule has 0 spiro atoms. The van der Waals surface area contributed by atoms with Gasteiger partial charge >= 0.3 is 0 Å². The van der Waals surface area contributed by atoms with Crippen molar-refractivity contribution in [1.82, 2.24) is 0 Å². The summed E-state index contributed by atoms with van der Waals surface area (Å²) in [5.41, 5.74) is 11.4. The molecule has 0 saturated carbocycles. The first-order chi connectivity index (χ1) is 28.2. The third-order valence-electron chi connectivity index (χ3n) is 11.6. The quantitative estimate of drug-likeness (QED) is 0.165. The lowest BCUT2D eigenvalue weighted by atomic mass is 9.97. The number of anilines is 3. The Morgan fingerprint density at radius 1 is 0.298 bits per heavy atom. The molecule has 0 aliphatic rings. The van der Waals surface area contributed by atoms with Gasteiger partial charge in [-0.25, -0.2) is 0 Å². The average molecular weight is 728 g/mol. The van der Waals surface area contributed by atoms with Gasteiger partial charge in [-0.05, 0) is 116 Å². The van der Waals surface area contributed by atoms with Crippen LogP contribution in [0.15, 0.2) is 209 Å². The monoisotopic (exact) mass is 727 g/mol. The zero-order chi connectivity index (χ0) is 37.5. The number of hydrogen-bond donors (Lipinski definition) is 0. The highest BCUT2D eigenvalue weighted by Gasteiger charge is 2.21. The molecule has 0 unspecified atom stereocenters. The van der Waals surface area contributed by atoms with Crippen molar-refractivity contribution in [3.63, 3.8) is 0 Å². The fourth-order valence-electron chi connectivity index (χ4n) is 8.85. The third kappa shape index (κ3) is 5.06. The summed E-state index contributed by atoms with van der Waals surface area (Å²) in [6.45, 7) is 0. The summed E-state index contributed by atoms with van der Waals surface area (Å²) in [5.74, 6) is 0. The maximum Gasteiger partial charge on any atom is 0.143 e. The summed E-state index contributed by atoms with van der Waals surface area (Å²) in [4.78, 5) is 2.36. The van der Waals surface area contributed by atoms with Crippen LogP contribution in [-0.2, 0) is 0 Å². The minimum absolute atomic E-state index is 0.862. The van der Waals surface area contributed by atoms with E-state index in [1.807, 2.05) is 12.1 Å². The van der Waals surface area contributed by atoms with Crippen molar-refractivity contribution in [2.75, 3.05) is 4.90 Å². The van der Waals surface area contributed by atoms with Crippen molar-refractivity contribution in [2.45, 2.75) is 0 Å². The van der Waals surface area contributed by atoms with Gasteiger partial charge < -0.3 is 13.7 Å². The van der Waals surface area contributed by atoms with Crippen LogP contribution in [0.3, 0.4) is 0 Å². The van der Waals surface area contributed by atoms with Crippen LogP contribution in [-0.4, -0.2) is 0 Å². The molecule has 0 fully saturated rings. The number of rotatable bonds is 5. The number of fused-ring (bicyclic) bond motifs is 11. The Bertz CT molecular complexity index is 3520. The average Bonchev–Trinajstić information content (AvgIpc) is 3.86. The van der Waals surface area contributed by atoms with E-state index in [-0.39, 0.29) is 0 Å². The van der Waals surface area contributed by atoms with Gasteiger partial charge in [-0.3, -0.25) is 0 Å². The van der Waals surface area contributed by atoms with Gasteiger partial charge in [-0.2, -0.15) is 0 Å². The Morgan fingerprint density at radius 2 is 0.842 bits per heavy atom. The highest BCUT2D eigenvalue weighted by atomic mass is 16.3. The molecule has 0 radical (unpaired) electrons. The predicted octanol–water partition coefficient (Wildman–Crippen LogP) is 15.7. The molecule has 0 saturated heterocycles. The predicted molar refractivity (Wildman–Crippen MR) is 239 cm³/mol.